The highest BCUT2D eigenvalue weighted by atomic mass is 16.3. The average molecular weight is 182 g/mol. The molecule has 0 spiro atoms. The molecule has 1 rings (SSSR count). The van der Waals surface area contributed by atoms with Crippen molar-refractivity contribution in [3.8, 4) is 0 Å². The number of hydrazine groups is 1. The maximum absolute atomic E-state index is 5.49. The summed E-state index contributed by atoms with van der Waals surface area (Å²) in [6.07, 6.45) is 1.67. The number of furan rings is 1. The van der Waals surface area contributed by atoms with Crippen LogP contribution in [0, 0.1) is 11.8 Å². The summed E-state index contributed by atoms with van der Waals surface area (Å²) in [6, 6.07) is 3.94. The van der Waals surface area contributed by atoms with Gasteiger partial charge in [-0.15, -0.1) is 0 Å². The first-order chi connectivity index (χ1) is 6.16. The minimum atomic E-state index is 0.106. The highest BCUT2D eigenvalue weighted by Crippen LogP contribution is 2.26. The van der Waals surface area contributed by atoms with Gasteiger partial charge < -0.3 is 4.42 Å². The van der Waals surface area contributed by atoms with Crippen LogP contribution in [0.5, 0.6) is 0 Å². The van der Waals surface area contributed by atoms with E-state index >= 15 is 0 Å². The van der Waals surface area contributed by atoms with Gasteiger partial charge in [0.2, 0.25) is 0 Å². The Bertz CT molecular complexity index is 231. The lowest BCUT2D eigenvalue weighted by Gasteiger charge is -2.24. The van der Waals surface area contributed by atoms with Crippen LogP contribution in [0.2, 0.25) is 0 Å². The van der Waals surface area contributed by atoms with Gasteiger partial charge in [-0.25, -0.2) is 5.43 Å². The monoisotopic (exact) mass is 182 g/mol. The Morgan fingerprint density at radius 2 is 2.08 bits per heavy atom. The predicted octanol–water partition coefficient (Wildman–Crippen LogP) is 2.08. The van der Waals surface area contributed by atoms with Crippen LogP contribution in [0.15, 0.2) is 22.8 Å². The number of hydrogen-bond donors (Lipinski definition) is 2. The van der Waals surface area contributed by atoms with Gasteiger partial charge in [0.1, 0.15) is 5.76 Å². The summed E-state index contributed by atoms with van der Waals surface area (Å²) < 4.78 is 5.32. The molecule has 0 radical (unpaired) electrons. The van der Waals surface area contributed by atoms with Gasteiger partial charge in [0.15, 0.2) is 0 Å². The van der Waals surface area contributed by atoms with Gasteiger partial charge in [0.05, 0.1) is 12.3 Å². The van der Waals surface area contributed by atoms with Crippen molar-refractivity contribution in [2.45, 2.75) is 26.8 Å². The van der Waals surface area contributed by atoms with Crippen LogP contribution in [0.25, 0.3) is 0 Å². The largest absolute Gasteiger partial charge is 0.468 e. The molecule has 1 aromatic heterocycles. The zero-order chi connectivity index (χ0) is 9.84. The minimum Gasteiger partial charge on any atom is -0.468 e. The molecule has 1 aromatic rings. The van der Waals surface area contributed by atoms with Gasteiger partial charge in [-0.3, -0.25) is 5.84 Å². The predicted molar refractivity (Wildman–Crippen MR) is 52.8 cm³/mol. The number of nitrogens with two attached hydrogens (primary N) is 1. The Morgan fingerprint density at radius 1 is 1.38 bits per heavy atom. The van der Waals surface area contributed by atoms with E-state index in [9.17, 15) is 0 Å². The third kappa shape index (κ3) is 2.32. The van der Waals surface area contributed by atoms with Crippen molar-refractivity contribution in [3.63, 3.8) is 0 Å². The van der Waals surface area contributed by atoms with Gasteiger partial charge in [-0.1, -0.05) is 20.8 Å². The van der Waals surface area contributed by atoms with Crippen LogP contribution in [0.3, 0.4) is 0 Å². The first kappa shape index (κ1) is 10.3. The highest BCUT2D eigenvalue weighted by Gasteiger charge is 2.22. The Balaban J connectivity index is 2.74. The molecule has 0 amide bonds. The molecule has 13 heavy (non-hydrogen) atoms. The van der Waals surface area contributed by atoms with Crippen molar-refractivity contribution in [2.24, 2.45) is 17.7 Å². The Kier molecular flexibility index (Phi) is 3.51. The van der Waals surface area contributed by atoms with Gasteiger partial charge in [-0.2, -0.15) is 0 Å². The molecule has 3 nitrogen and oxygen atoms in total. The molecular formula is C10H18N2O. The molecule has 0 aliphatic carbocycles. The zero-order valence-electron chi connectivity index (χ0n) is 8.45. The molecule has 0 aromatic carbocycles. The van der Waals surface area contributed by atoms with Crippen LogP contribution in [0.1, 0.15) is 32.6 Å². The summed E-state index contributed by atoms with van der Waals surface area (Å²) >= 11 is 0. The van der Waals surface area contributed by atoms with Crippen molar-refractivity contribution in [1.29, 1.82) is 0 Å². The van der Waals surface area contributed by atoms with Crippen molar-refractivity contribution in [2.75, 3.05) is 0 Å². The van der Waals surface area contributed by atoms with Crippen molar-refractivity contribution < 1.29 is 4.42 Å². The van der Waals surface area contributed by atoms with Gasteiger partial charge in [0.25, 0.3) is 0 Å². The number of hydrogen-bond acceptors (Lipinski definition) is 3. The van der Waals surface area contributed by atoms with Crippen molar-refractivity contribution >= 4 is 0 Å². The lowest BCUT2D eigenvalue weighted by molar-refractivity contribution is 0.269. The van der Waals surface area contributed by atoms with Crippen LogP contribution < -0.4 is 11.3 Å². The summed E-state index contributed by atoms with van der Waals surface area (Å²) in [5, 5.41) is 0. The maximum atomic E-state index is 5.49. The van der Waals surface area contributed by atoms with E-state index in [0.717, 1.165) is 5.76 Å². The fourth-order valence-corrected chi connectivity index (χ4v) is 1.35. The number of rotatable bonds is 4. The van der Waals surface area contributed by atoms with Crippen LogP contribution in [-0.2, 0) is 0 Å². The van der Waals surface area contributed by atoms with E-state index in [0.29, 0.717) is 11.8 Å². The lowest BCUT2D eigenvalue weighted by atomic mass is 9.89. The van der Waals surface area contributed by atoms with E-state index in [1.807, 2.05) is 12.1 Å². The average Bonchev–Trinajstić information content (AvgIpc) is 2.58. The molecule has 0 aliphatic heterocycles. The SMILES string of the molecule is CC(C)C(C)C(NN)c1ccco1. The molecule has 2 unspecified atom stereocenters. The smallest absolute Gasteiger partial charge is 0.122 e. The summed E-state index contributed by atoms with van der Waals surface area (Å²) in [5.41, 5.74) is 2.79. The highest BCUT2D eigenvalue weighted by molar-refractivity contribution is 5.05. The first-order valence-electron chi connectivity index (χ1n) is 4.66. The van der Waals surface area contributed by atoms with Gasteiger partial charge in [0, 0.05) is 0 Å². The second kappa shape index (κ2) is 4.44. The molecule has 0 bridgehead atoms. The molecule has 0 saturated carbocycles. The summed E-state index contributed by atoms with van der Waals surface area (Å²) in [7, 11) is 0. The fraction of sp³-hybridized carbons (Fsp3) is 0.600. The first-order valence-corrected chi connectivity index (χ1v) is 4.66. The van der Waals surface area contributed by atoms with Crippen molar-refractivity contribution in [1.82, 2.24) is 5.43 Å². The minimum absolute atomic E-state index is 0.106. The second-order valence-electron chi connectivity index (χ2n) is 3.76. The standard InChI is InChI=1S/C10H18N2O/c1-7(2)8(3)10(12-11)9-5-4-6-13-9/h4-8,10,12H,11H2,1-3H3. The lowest BCUT2D eigenvalue weighted by Crippen LogP contribution is -2.34. The van der Waals surface area contributed by atoms with E-state index in [4.69, 9.17) is 10.3 Å². The van der Waals surface area contributed by atoms with E-state index in [2.05, 4.69) is 26.2 Å². The van der Waals surface area contributed by atoms with Crippen LogP contribution in [-0.4, -0.2) is 0 Å². The van der Waals surface area contributed by atoms with E-state index in [1.54, 1.807) is 6.26 Å². The van der Waals surface area contributed by atoms with E-state index in [-0.39, 0.29) is 6.04 Å². The molecule has 3 heteroatoms. The molecule has 2 atom stereocenters. The third-order valence-corrected chi connectivity index (χ3v) is 2.61. The zero-order valence-corrected chi connectivity index (χ0v) is 8.45. The molecule has 3 N–H and O–H groups in total. The van der Waals surface area contributed by atoms with Gasteiger partial charge >= 0.3 is 0 Å². The van der Waals surface area contributed by atoms with Gasteiger partial charge in [-0.05, 0) is 24.0 Å². The quantitative estimate of drug-likeness (QED) is 0.553. The molecule has 1 heterocycles. The topological polar surface area (TPSA) is 51.2 Å². The summed E-state index contributed by atoms with van der Waals surface area (Å²) in [5.74, 6) is 7.43. The maximum Gasteiger partial charge on any atom is 0.122 e. The second-order valence-corrected chi connectivity index (χ2v) is 3.76. The number of nitrogens with one attached hydrogen (secondary N) is 1. The summed E-state index contributed by atoms with van der Waals surface area (Å²) in [4.78, 5) is 0. The van der Waals surface area contributed by atoms with Crippen LogP contribution >= 0.6 is 0 Å². The molecular weight excluding hydrogens is 164 g/mol. The Hall–Kier alpha value is -0.800. The summed E-state index contributed by atoms with van der Waals surface area (Å²) in [6.45, 7) is 6.52. The van der Waals surface area contributed by atoms with Crippen LogP contribution in [0.4, 0.5) is 0 Å². The fourth-order valence-electron chi connectivity index (χ4n) is 1.35. The molecule has 0 saturated heterocycles. The van der Waals surface area contributed by atoms with E-state index in [1.165, 1.54) is 0 Å². The molecule has 0 fully saturated rings. The Morgan fingerprint density at radius 3 is 2.46 bits per heavy atom. The van der Waals surface area contributed by atoms with Crippen molar-refractivity contribution in [3.05, 3.63) is 24.2 Å². The third-order valence-electron chi connectivity index (χ3n) is 2.61. The Labute approximate surface area is 79.3 Å². The normalized spacial score (nSPS) is 16.1. The molecule has 0 aliphatic rings. The molecule has 74 valence electrons. The van der Waals surface area contributed by atoms with E-state index < -0.39 is 0 Å².